The van der Waals surface area contributed by atoms with E-state index in [0.29, 0.717) is 0 Å². The molecule has 2 rings (SSSR count). The Balaban J connectivity index is 1.74. The van der Waals surface area contributed by atoms with Gasteiger partial charge in [-0.3, -0.25) is 4.90 Å². The molecule has 1 heterocycles. The standard InChI is InChI=1S/C14H22FN3/c15-14-4-2-1-3-13(14)5-7-17-9-11-18(8-6-16)12-10-17/h1-4H,5-12,16H2. The van der Waals surface area contributed by atoms with E-state index in [4.69, 9.17) is 5.73 Å². The third-order valence-corrected chi connectivity index (χ3v) is 3.57. The molecule has 0 bridgehead atoms. The molecule has 3 nitrogen and oxygen atoms in total. The van der Waals surface area contributed by atoms with Crippen LogP contribution in [-0.4, -0.2) is 55.6 Å². The van der Waals surface area contributed by atoms with Crippen LogP contribution in [0.4, 0.5) is 4.39 Å². The minimum Gasteiger partial charge on any atom is -0.329 e. The van der Waals surface area contributed by atoms with Gasteiger partial charge in [-0.1, -0.05) is 18.2 Å². The molecule has 1 aromatic rings. The largest absolute Gasteiger partial charge is 0.329 e. The van der Waals surface area contributed by atoms with E-state index in [1.807, 2.05) is 12.1 Å². The molecule has 0 aromatic heterocycles. The molecule has 1 fully saturated rings. The fourth-order valence-electron chi connectivity index (χ4n) is 2.40. The highest BCUT2D eigenvalue weighted by atomic mass is 19.1. The highest BCUT2D eigenvalue weighted by molar-refractivity contribution is 5.17. The number of benzene rings is 1. The quantitative estimate of drug-likeness (QED) is 0.845. The van der Waals surface area contributed by atoms with Crippen LogP contribution in [0.1, 0.15) is 5.56 Å². The van der Waals surface area contributed by atoms with E-state index < -0.39 is 0 Å². The zero-order valence-corrected chi connectivity index (χ0v) is 10.8. The summed E-state index contributed by atoms with van der Waals surface area (Å²) in [6.45, 7) is 6.94. The van der Waals surface area contributed by atoms with Gasteiger partial charge in [0.25, 0.3) is 0 Å². The molecule has 0 saturated carbocycles. The molecule has 4 heteroatoms. The number of hydrogen-bond donors (Lipinski definition) is 1. The first kappa shape index (κ1) is 13.5. The lowest BCUT2D eigenvalue weighted by atomic mass is 10.1. The number of nitrogens with two attached hydrogens (primary N) is 1. The molecule has 1 aliphatic heterocycles. The highest BCUT2D eigenvalue weighted by Crippen LogP contribution is 2.09. The summed E-state index contributed by atoms with van der Waals surface area (Å²) >= 11 is 0. The molecule has 0 unspecified atom stereocenters. The molecule has 100 valence electrons. The van der Waals surface area contributed by atoms with Gasteiger partial charge < -0.3 is 10.6 Å². The third kappa shape index (κ3) is 3.77. The van der Waals surface area contributed by atoms with Gasteiger partial charge in [0.1, 0.15) is 5.82 Å². The van der Waals surface area contributed by atoms with E-state index in [9.17, 15) is 4.39 Å². The van der Waals surface area contributed by atoms with E-state index >= 15 is 0 Å². The average Bonchev–Trinajstić information content (AvgIpc) is 2.40. The van der Waals surface area contributed by atoms with E-state index in [-0.39, 0.29) is 5.82 Å². The summed E-state index contributed by atoms with van der Waals surface area (Å²) in [5.41, 5.74) is 6.37. The fourth-order valence-corrected chi connectivity index (χ4v) is 2.40. The Morgan fingerprint density at radius 2 is 1.61 bits per heavy atom. The Kier molecular flexibility index (Phi) is 5.11. The van der Waals surface area contributed by atoms with Crippen molar-refractivity contribution < 1.29 is 4.39 Å². The lowest BCUT2D eigenvalue weighted by Gasteiger charge is -2.34. The number of halogens is 1. The van der Waals surface area contributed by atoms with Crippen LogP contribution in [0, 0.1) is 5.82 Å². The van der Waals surface area contributed by atoms with E-state index in [1.54, 1.807) is 6.07 Å². The first-order valence-electron chi connectivity index (χ1n) is 6.68. The van der Waals surface area contributed by atoms with Gasteiger partial charge in [-0.2, -0.15) is 0 Å². The lowest BCUT2D eigenvalue weighted by Crippen LogP contribution is -2.48. The summed E-state index contributed by atoms with van der Waals surface area (Å²) in [6, 6.07) is 7.05. The number of piperazine rings is 1. The Bertz CT molecular complexity index is 362. The number of nitrogens with zero attached hydrogens (tertiary/aromatic N) is 2. The van der Waals surface area contributed by atoms with Crippen molar-refractivity contribution in [3.63, 3.8) is 0 Å². The van der Waals surface area contributed by atoms with Gasteiger partial charge >= 0.3 is 0 Å². The van der Waals surface area contributed by atoms with E-state index in [1.165, 1.54) is 6.07 Å². The van der Waals surface area contributed by atoms with Crippen LogP contribution in [0.2, 0.25) is 0 Å². The zero-order valence-electron chi connectivity index (χ0n) is 10.8. The van der Waals surface area contributed by atoms with Crippen LogP contribution < -0.4 is 5.73 Å². The maximum absolute atomic E-state index is 13.5. The van der Waals surface area contributed by atoms with Gasteiger partial charge in [-0.15, -0.1) is 0 Å². The van der Waals surface area contributed by atoms with Crippen LogP contribution >= 0.6 is 0 Å². The van der Waals surface area contributed by atoms with Crippen molar-refractivity contribution in [2.45, 2.75) is 6.42 Å². The van der Waals surface area contributed by atoms with Crippen molar-refractivity contribution >= 4 is 0 Å². The molecule has 0 amide bonds. The lowest BCUT2D eigenvalue weighted by molar-refractivity contribution is 0.136. The maximum atomic E-state index is 13.5. The molecular weight excluding hydrogens is 229 g/mol. The van der Waals surface area contributed by atoms with Gasteiger partial charge in [0, 0.05) is 45.8 Å². The second-order valence-electron chi connectivity index (χ2n) is 4.81. The summed E-state index contributed by atoms with van der Waals surface area (Å²) in [5.74, 6) is -0.0840. The SMILES string of the molecule is NCCN1CCN(CCc2ccccc2F)CC1. The number of rotatable bonds is 5. The normalized spacial score (nSPS) is 18.1. The van der Waals surface area contributed by atoms with Crippen molar-refractivity contribution in [2.24, 2.45) is 5.73 Å². The van der Waals surface area contributed by atoms with Crippen molar-refractivity contribution in [1.29, 1.82) is 0 Å². The molecule has 0 radical (unpaired) electrons. The molecule has 0 aliphatic carbocycles. The van der Waals surface area contributed by atoms with Crippen LogP contribution in [0.5, 0.6) is 0 Å². The van der Waals surface area contributed by atoms with Gasteiger partial charge in [0.05, 0.1) is 0 Å². The maximum Gasteiger partial charge on any atom is 0.126 e. The Hall–Kier alpha value is -0.970. The van der Waals surface area contributed by atoms with Crippen LogP contribution in [-0.2, 0) is 6.42 Å². The molecule has 0 spiro atoms. The Morgan fingerprint density at radius 3 is 2.22 bits per heavy atom. The molecule has 1 aromatic carbocycles. The predicted molar refractivity (Wildman–Crippen MR) is 72.0 cm³/mol. The molecule has 1 aliphatic rings. The van der Waals surface area contributed by atoms with Crippen molar-refractivity contribution in [3.8, 4) is 0 Å². The predicted octanol–water partition coefficient (Wildman–Crippen LogP) is 0.945. The second kappa shape index (κ2) is 6.83. The summed E-state index contributed by atoms with van der Waals surface area (Å²) in [6.07, 6.45) is 0.795. The van der Waals surface area contributed by atoms with Crippen LogP contribution in [0.25, 0.3) is 0 Å². The minimum atomic E-state index is -0.0840. The summed E-state index contributed by atoms with van der Waals surface area (Å²) in [4.78, 5) is 4.79. The topological polar surface area (TPSA) is 32.5 Å². The first-order valence-corrected chi connectivity index (χ1v) is 6.68. The van der Waals surface area contributed by atoms with E-state index in [2.05, 4.69) is 9.80 Å². The molecular formula is C14H22FN3. The van der Waals surface area contributed by atoms with Crippen molar-refractivity contribution in [3.05, 3.63) is 35.6 Å². The van der Waals surface area contributed by atoms with E-state index in [0.717, 1.165) is 57.8 Å². The summed E-state index contributed by atoms with van der Waals surface area (Å²) < 4.78 is 13.5. The monoisotopic (exact) mass is 251 g/mol. The van der Waals surface area contributed by atoms with Gasteiger partial charge in [-0.25, -0.2) is 4.39 Å². The van der Waals surface area contributed by atoms with Gasteiger partial charge in [0.15, 0.2) is 0 Å². The van der Waals surface area contributed by atoms with Crippen LogP contribution in [0.15, 0.2) is 24.3 Å². The summed E-state index contributed by atoms with van der Waals surface area (Å²) in [5, 5.41) is 0. The fraction of sp³-hybridized carbons (Fsp3) is 0.571. The second-order valence-corrected chi connectivity index (χ2v) is 4.81. The van der Waals surface area contributed by atoms with Gasteiger partial charge in [0.2, 0.25) is 0 Å². The van der Waals surface area contributed by atoms with Crippen molar-refractivity contribution in [2.75, 3.05) is 45.8 Å². The minimum absolute atomic E-state index is 0.0840. The average molecular weight is 251 g/mol. The third-order valence-electron chi connectivity index (χ3n) is 3.57. The number of hydrogen-bond acceptors (Lipinski definition) is 3. The summed E-state index contributed by atoms with van der Waals surface area (Å²) in [7, 11) is 0. The highest BCUT2D eigenvalue weighted by Gasteiger charge is 2.15. The zero-order chi connectivity index (χ0) is 12.8. The molecule has 18 heavy (non-hydrogen) atoms. The Morgan fingerprint density at radius 1 is 1.00 bits per heavy atom. The molecule has 2 N–H and O–H groups in total. The van der Waals surface area contributed by atoms with Crippen LogP contribution in [0.3, 0.4) is 0 Å². The first-order chi connectivity index (χ1) is 8.79. The molecule has 1 saturated heterocycles. The van der Waals surface area contributed by atoms with Crippen molar-refractivity contribution in [1.82, 2.24) is 9.80 Å². The van der Waals surface area contributed by atoms with Gasteiger partial charge in [-0.05, 0) is 18.1 Å². The smallest absolute Gasteiger partial charge is 0.126 e. The Labute approximate surface area is 108 Å². The molecule has 0 atom stereocenters.